The summed E-state index contributed by atoms with van der Waals surface area (Å²) in [5.74, 6) is 0.307. The summed E-state index contributed by atoms with van der Waals surface area (Å²) in [5.41, 5.74) is 1.91. The van der Waals surface area contributed by atoms with E-state index < -0.39 is 6.04 Å². The maximum atomic E-state index is 13.2. The molecule has 0 radical (unpaired) electrons. The molecule has 0 spiro atoms. The Bertz CT molecular complexity index is 1140. The maximum Gasteiger partial charge on any atom is 0.267 e. The number of ether oxygens (including phenoxy) is 1. The minimum absolute atomic E-state index is 0.148. The fourth-order valence-electron chi connectivity index (χ4n) is 3.82. The second-order valence-corrected chi connectivity index (χ2v) is 7.69. The molecule has 8 heteroatoms. The molecule has 0 aliphatic carbocycles. The molecule has 1 amide bonds. The van der Waals surface area contributed by atoms with Crippen molar-refractivity contribution in [1.29, 1.82) is 0 Å². The monoisotopic (exact) mass is 436 g/mol. The molecular weight excluding hydrogens is 411 g/mol. The lowest BCUT2D eigenvalue weighted by atomic mass is 10.1. The molecule has 2 aromatic carbocycles. The Kier molecular flexibility index (Phi) is 6.20. The largest absolute Gasteiger partial charge is 0.497 e. The topological polar surface area (TPSA) is 67.7 Å². The van der Waals surface area contributed by atoms with Crippen molar-refractivity contribution in [3.8, 4) is 17.0 Å². The van der Waals surface area contributed by atoms with Crippen LogP contribution in [0.2, 0.25) is 0 Å². The number of carbonyl (C=O) groups excluding carboxylic acids is 1. The number of nitrogens with zero attached hydrogens (tertiary/aromatic N) is 4. The molecule has 4 rings (SSSR count). The Morgan fingerprint density at radius 2 is 1.62 bits per heavy atom. The van der Waals surface area contributed by atoms with Crippen LogP contribution in [-0.4, -0.2) is 53.9 Å². The first kappa shape index (κ1) is 21.5. The van der Waals surface area contributed by atoms with Gasteiger partial charge in [-0.15, -0.1) is 0 Å². The first-order valence-corrected chi connectivity index (χ1v) is 10.5. The number of rotatable bonds is 5. The van der Waals surface area contributed by atoms with Crippen molar-refractivity contribution in [2.45, 2.75) is 13.0 Å². The molecule has 1 aromatic heterocycles. The molecule has 1 saturated heterocycles. The molecule has 7 nitrogen and oxygen atoms in total. The number of halogens is 1. The third kappa shape index (κ3) is 4.49. The Morgan fingerprint density at radius 1 is 0.969 bits per heavy atom. The minimum atomic E-state index is -0.740. The molecule has 1 fully saturated rings. The third-order valence-electron chi connectivity index (χ3n) is 5.72. The summed E-state index contributed by atoms with van der Waals surface area (Å²) in [6.45, 7) is 4.19. The molecule has 1 unspecified atom stereocenters. The Balaban J connectivity index is 1.45. The lowest BCUT2D eigenvalue weighted by molar-refractivity contribution is -0.135. The van der Waals surface area contributed by atoms with Gasteiger partial charge < -0.3 is 14.5 Å². The second-order valence-electron chi connectivity index (χ2n) is 7.69. The van der Waals surface area contributed by atoms with Gasteiger partial charge in [0.25, 0.3) is 5.56 Å². The van der Waals surface area contributed by atoms with Crippen LogP contribution < -0.4 is 15.2 Å². The van der Waals surface area contributed by atoms with Crippen molar-refractivity contribution in [2.75, 3.05) is 38.2 Å². The van der Waals surface area contributed by atoms with Crippen LogP contribution in [0, 0.1) is 5.82 Å². The van der Waals surface area contributed by atoms with Crippen molar-refractivity contribution < 1.29 is 13.9 Å². The summed E-state index contributed by atoms with van der Waals surface area (Å²) in [6.07, 6.45) is 0. The number of hydrogen-bond acceptors (Lipinski definition) is 5. The number of aromatic nitrogens is 2. The number of piperazine rings is 1. The molecule has 0 saturated carbocycles. The van der Waals surface area contributed by atoms with Gasteiger partial charge in [0, 0.05) is 43.5 Å². The standard InChI is InChI=1S/C24H25FN4O3/c1-17(29-23(30)12-11-22(26-29)18-3-5-19(25)6-4-18)24(31)28-15-13-27(14-16-28)20-7-9-21(32-2)10-8-20/h3-12,17H,13-16H2,1-2H3. The average molecular weight is 436 g/mol. The highest BCUT2D eigenvalue weighted by Crippen LogP contribution is 2.22. The number of anilines is 1. The maximum absolute atomic E-state index is 13.2. The van der Waals surface area contributed by atoms with Gasteiger partial charge in [-0.1, -0.05) is 0 Å². The average Bonchev–Trinajstić information content (AvgIpc) is 2.84. The minimum Gasteiger partial charge on any atom is -0.497 e. The first-order chi connectivity index (χ1) is 15.5. The molecule has 0 bridgehead atoms. The lowest BCUT2D eigenvalue weighted by Crippen LogP contribution is -2.51. The van der Waals surface area contributed by atoms with Crippen LogP contribution in [0.5, 0.6) is 5.75 Å². The lowest BCUT2D eigenvalue weighted by Gasteiger charge is -2.37. The molecule has 1 aliphatic heterocycles. The van der Waals surface area contributed by atoms with E-state index in [2.05, 4.69) is 10.00 Å². The zero-order chi connectivity index (χ0) is 22.7. The van der Waals surface area contributed by atoms with E-state index in [1.807, 2.05) is 24.3 Å². The van der Waals surface area contributed by atoms with Gasteiger partial charge in [-0.3, -0.25) is 9.59 Å². The Labute approximate surface area is 185 Å². The molecule has 2 heterocycles. The van der Waals surface area contributed by atoms with E-state index in [0.717, 1.165) is 11.4 Å². The zero-order valence-corrected chi connectivity index (χ0v) is 18.1. The number of amides is 1. The molecule has 1 atom stereocenters. The van der Waals surface area contributed by atoms with Gasteiger partial charge >= 0.3 is 0 Å². The van der Waals surface area contributed by atoms with E-state index >= 15 is 0 Å². The molecule has 32 heavy (non-hydrogen) atoms. The van der Waals surface area contributed by atoms with E-state index in [-0.39, 0.29) is 17.3 Å². The summed E-state index contributed by atoms with van der Waals surface area (Å²) < 4.78 is 19.6. The molecular formula is C24H25FN4O3. The quantitative estimate of drug-likeness (QED) is 0.615. The summed E-state index contributed by atoms with van der Waals surface area (Å²) in [5, 5.41) is 4.38. The van der Waals surface area contributed by atoms with Crippen molar-refractivity contribution in [3.63, 3.8) is 0 Å². The normalized spacial score (nSPS) is 14.8. The van der Waals surface area contributed by atoms with Gasteiger partial charge in [-0.25, -0.2) is 9.07 Å². The summed E-state index contributed by atoms with van der Waals surface area (Å²) in [6, 6.07) is 15.9. The van der Waals surface area contributed by atoms with E-state index in [1.54, 1.807) is 37.1 Å². The number of benzene rings is 2. The van der Waals surface area contributed by atoms with Gasteiger partial charge in [0.1, 0.15) is 17.6 Å². The summed E-state index contributed by atoms with van der Waals surface area (Å²) in [7, 11) is 1.64. The smallest absolute Gasteiger partial charge is 0.267 e. The highest BCUT2D eigenvalue weighted by Gasteiger charge is 2.27. The fraction of sp³-hybridized carbons (Fsp3) is 0.292. The summed E-state index contributed by atoms with van der Waals surface area (Å²) >= 11 is 0. The first-order valence-electron chi connectivity index (χ1n) is 10.5. The number of carbonyl (C=O) groups is 1. The molecule has 3 aromatic rings. The van der Waals surface area contributed by atoms with Crippen molar-refractivity contribution in [2.24, 2.45) is 0 Å². The van der Waals surface area contributed by atoms with E-state index in [9.17, 15) is 14.0 Å². The predicted octanol–water partition coefficient (Wildman–Crippen LogP) is 2.97. The van der Waals surface area contributed by atoms with Crippen LogP contribution in [0.4, 0.5) is 10.1 Å². The van der Waals surface area contributed by atoms with Crippen LogP contribution in [0.1, 0.15) is 13.0 Å². The van der Waals surface area contributed by atoms with Crippen LogP contribution in [-0.2, 0) is 4.79 Å². The molecule has 1 aliphatic rings. The van der Waals surface area contributed by atoms with Gasteiger partial charge in [0.15, 0.2) is 0 Å². The van der Waals surface area contributed by atoms with Crippen LogP contribution in [0.25, 0.3) is 11.3 Å². The summed E-state index contributed by atoms with van der Waals surface area (Å²) in [4.78, 5) is 29.5. The van der Waals surface area contributed by atoms with E-state index in [0.29, 0.717) is 37.4 Å². The van der Waals surface area contributed by atoms with Crippen LogP contribution >= 0.6 is 0 Å². The van der Waals surface area contributed by atoms with Gasteiger partial charge in [0.05, 0.1) is 12.8 Å². The van der Waals surface area contributed by atoms with Crippen molar-refractivity contribution >= 4 is 11.6 Å². The fourth-order valence-corrected chi connectivity index (χ4v) is 3.82. The third-order valence-corrected chi connectivity index (χ3v) is 5.72. The van der Waals surface area contributed by atoms with Crippen LogP contribution in [0.15, 0.2) is 65.5 Å². The molecule has 166 valence electrons. The number of methoxy groups -OCH3 is 1. The van der Waals surface area contributed by atoms with Gasteiger partial charge in [-0.05, 0) is 61.5 Å². The highest BCUT2D eigenvalue weighted by atomic mass is 19.1. The van der Waals surface area contributed by atoms with E-state index in [1.165, 1.54) is 22.9 Å². The second kappa shape index (κ2) is 9.21. The Morgan fingerprint density at radius 3 is 2.25 bits per heavy atom. The zero-order valence-electron chi connectivity index (χ0n) is 18.1. The van der Waals surface area contributed by atoms with E-state index in [4.69, 9.17) is 4.74 Å². The highest BCUT2D eigenvalue weighted by molar-refractivity contribution is 5.80. The number of hydrogen-bond donors (Lipinski definition) is 0. The van der Waals surface area contributed by atoms with Crippen LogP contribution in [0.3, 0.4) is 0 Å². The Hall–Kier alpha value is -3.68. The van der Waals surface area contributed by atoms with Crippen molar-refractivity contribution in [1.82, 2.24) is 14.7 Å². The van der Waals surface area contributed by atoms with Crippen molar-refractivity contribution in [3.05, 3.63) is 76.8 Å². The van der Waals surface area contributed by atoms with Gasteiger partial charge in [0.2, 0.25) is 5.91 Å². The SMILES string of the molecule is COc1ccc(N2CCN(C(=O)C(C)n3nc(-c4ccc(F)cc4)ccc3=O)CC2)cc1. The van der Waals surface area contributed by atoms with Gasteiger partial charge in [-0.2, -0.15) is 5.10 Å². The predicted molar refractivity (Wildman–Crippen MR) is 120 cm³/mol. The molecule has 0 N–H and O–H groups in total.